The SMILES string of the molecule is COC=C(Oc1cc(CC=NOC[Si](C)(C)c2ccccc2)ccc1C)C(=O)OC. The van der Waals surface area contributed by atoms with Crippen molar-refractivity contribution in [1.82, 2.24) is 0 Å². The number of nitrogens with zero attached hydrogens (tertiary/aromatic N) is 1. The van der Waals surface area contributed by atoms with Crippen molar-refractivity contribution in [3.05, 3.63) is 71.7 Å². The third kappa shape index (κ3) is 6.77. The van der Waals surface area contributed by atoms with E-state index in [-0.39, 0.29) is 5.76 Å². The molecule has 0 N–H and O–H groups in total. The maximum atomic E-state index is 11.8. The van der Waals surface area contributed by atoms with Gasteiger partial charge in [0.15, 0.2) is 0 Å². The summed E-state index contributed by atoms with van der Waals surface area (Å²) < 4.78 is 15.3. The van der Waals surface area contributed by atoms with E-state index >= 15 is 0 Å². The van der Waals surface area contributed by atoms with Crippen LogP contribution in [0.4, 0.5) is 0 Å². The Morgan fingerprint density at radius 1 is 1.10 bits per heavy atom. The molecule has 0 saturated carbocycles. The minimum Gasteiger partial charge on any atom is -0.500 e. The zero-order valence-corrected chi connectivity index (χ0v) is 19.2. The molecule has 0 heterocycles. The largest absolute Gasteiger partial charge is 0.500 e. The van der Waals surface area contributed by atoms with Crippen molar-refractivity contribution in [2.45, 2.75) is 26.4 Å². The summed E-state index contributed by atoms with van der Waals surface area (Å²) in [6.45, 7) is 6.41. The molecule has 7 heteroatoms. The molecule has 160 valence electrons. The van der Waals surface area contributed by atoms with Crippen molar-refractivity contribution in [3.8, 4) is 5.75 Å². The van der Waals surface area contributed by atoms with Gasteiger partial charge >= 0.3 is 5.97 Å². The van der Waals surface area contributed by atoms with Gasteiger partial charge in [-0.3, -0.25) is 0 Å². The molecule has 0 saturated heterocycles. The molecule has 0 radical (unpaired) electrons. The van der Waals surface area contributed by atoms with E-state index in [2.05, 4.69) is 42.5 Å². The molecule has 0 fully saturated rings. The van der Waals surface area contributed by atoms with E-state index in [1.165, 1.54) is 25.7 Å². The average molecular weight is 428 g/mol. The van der Waals surface area contributed by atoms with Gasteiger partial charge in [0.25, 0.3) is 0 Å². The van der Waals surface area contributed by atoms with E-state index < -0.39 is 14.0 Å². The highest BCUT2D eigenvalue weighted by atomic mass is 28.3. The Balaban J connectivity index is 1.96. The van der Waals surface area contributed by atoms with Gasteiger partial charge in [-0.15, -0.1) is 0 Å². The quantitative estimate of drug-likeness (QED) is 0.144. The molecule has 0 aliphatic rings. The number of carbonyl (C=O) groups is 1. The van der Waals surface area contributed by atoms with Crippen LogP contribution in [-0.2, 0) is 25.5 Å². The molecule has 0 amide bonds. The Labute approximate surface area is 179 Å². The van der Waals surface area contributed by atoms with Crippen molar-refractivity contribution in [3.63, 3.8) is 0 Å². The zero-order chi connectivity index (χ0) is 22.0. The smallest absolute Gasteiger partial charge is 0.377 e. The van der Waals surface area contributed by atoms with Crippen LogP contribution in [0.5, 0.6) is 5.75 Å². The highest BCUT2D eigenvalue weighted by molar-refractivity contribution is 6.89. The number of aryl methyl sites for hydroxylation is 1. The predicted molar refractivity (Wildman–Crippen MR) is 121 cm³/mol. The summed E-state index contributed by atoms with van der Waals surface area (Å²) in [4.78, 5) is 17.4. The molecular formula is C23H29NO5Si. The van der Waals surface area contributed by atoms with Crippen LogP contribution in [0, 0.1) is 6.92 Å². The summed E-state index contributed by atoms with van der Waals surface area (Å²) in [5.74, 6) is -0.0831. The Hall–Kier alpha value is -3.06. The maximum Gasteiger partial charge on any atom is 0.377 e. The van der Waals surface area contributed by atoms with Gasteiger partial charge in [-0.1, -0.05) is 65.9 Å². The molecule has 0 aromatic heterocycles. The molecule has 0 unspecified atom stereocenters. The first-order valence-electron chi connectivity index (χ1n) is 9.65. The fourth-order valence-corrected chi connectivity index (χ4v) is 4.35. The minimum atomic E-state index is -1.68. The standard InChI is InChI=1S/C23H29NO5Si/c1-18-11-12-19(15-21(18)29-22(16-26-2)23(25)27-3)13-14-24-28-17-30(4,5)20-9-7-6-8-10-20/h6-12,14-16H,13,17H2,1-5H3. The van der Waals surface area contributed by atoms with Crippen molar-refractivity contribution in [1.29, 1.82) is 0 Å². The molecule has 2 aromatic carbocycles. The Morgan fingerprint density at radius 3 is 2.50 bits per heavy atom. The van der Waals surface area contributed by atoms with Crippen LogP contribution in [0.3, 0.4) is 0 Å². The lowest BCUT2D eigenvalue weighted by Gasteiger charge is -2.20. The molecule has 0 aliphatic heterocycles. The first-order chi connectivity index (χ1) is 14.4. The second kappa shape index (κ2) is 11.2. The second-order valence-corrected chi connectivity index (χ2v) is 12.1. The molecule has 0 spiro atoms. The summed E-state index contributed by atoms with van der Waals surface area (Å²) in [6, 6.07) is 16.2. The second-order valence-electron chi connectivity index (χ2n) is 7.43. The van der Waals surface area contributed by atoms with E-state index in [0.29, 0.717) is 18.4 Å². The van der Waals surface area contributed by atoms with E-state index in [4.69, 9.17) is 19.0 Å². The van der Waals surface area contributed by atoms with Gasteiger partial charge < -0.3 is 19.0 Å². The van der Waals surface area contributed by atoms with Gasteiger partial charge in [-0.05, 0) is 24.1 Å². The lowest BCUT2D eigenvalue weighted by atomic mass is 10.1. The van der Waals surface area contributed by atoms with Crippen LogP contribution < -0.4 is 9.92 Å². The number of hydrogen-bond acceptors (Lipinski definition) is 6. The van der Waals surface area contributed by atoms with Crippen molar-refractivity contribution in [2.24, 2.45) is 5.16 Å². The van der Waals surface area contributed by atoms with Gasteiger partial charge in [0, 0.05) is 12.6 Å². The average Bonchev–Trinajstić information content (AvgIpc) is 2.75. The maximum absolute atomic E-state index is 11.8. The number of esters is 1. The summed E-state index contributed by atoms with van der Waals surface area (Å²) >= 11 is 0. The summed E-state index contributed by atoms with van der Waals surface area (Å²) in [5.41, 5.74) is 1.86. The normalized spacial score (nSPS) is 12.0. The van der Waals surface area contributed by atoms with Gasteiger partial charge in [0.1, 0.15) is 26.3 Å². The zero-order valence-electron chi connectivity index (χ0n) is 18.2. The first-order valence-corrected chi connectivity index (χ1v) is 12.9. The van der Waals surface area contributed by atoms with Gasteiger partial charge in [0.05, 0.1) is 14.2 Å². The third-order valence-electron chi connectivity index (χ3n) is 4.54. The summed E-state index contributed by atoms with van der Waals surface area (Å²) in [5, 5.41) is 5.46. The van der Waals surface area contributed by atoms with Crippen LogP contribution in [0.15, 0.2) is 65.7 Å². The fraction of sp³-hybridized carbons (Fsp3) is 0.304. The molecule has 6 nitrogen and oxygen atoms in total. The number of benzene rings is 2. The van der Waals surface area contributed by atoms with Crippen LogP contribution in [0.25, 0.3) is 0 Å². The van der Waals surface area contributed by atoms with Crippen LogP contribution in [-0.4, -0.2) is 40.7 Å². The molecule has 2 rings (SSSR count). The summed E-state index contributed by atoms with van der Waals surface area (Å²) in [6.07, 6.45) is 4.13. The predicted octanol–water partition coefficient (Wildman–Crippen LogP) is 3.73. The van der Waals surface area contributed by atoms with Gasteiger partial charge in [0.2, 0.25) is 5.76 Å². The van der Waals surface area contributed by atoms with Crippen LogP contribution in [0.2, 0.25) is 13.1 Å². The van der Waals surface area contributed by atoms with Crippen molar-refractivity contribution >= 4 is 25.4 Å². The minimum absolute atomic E-state index is 0.0228. The topological polar surface area (TPSA) is 66.3 Å². The molecule has 0 atom stereocenters. The van der Waals surface area contributed by atoms with Crippen molar-refractivity contribution in [2.75, 3.05) is 20.4 Å². The number of hydrogen-bond donors (Lipinski definition) is 0. The van der Waals surface area contributed by atoms with Crippen LogP contribution >= 0.6 is 0 Å². The highest BCUT2D eigenvalue weighted by Gasteiger charge is 2.24. The van der Waals surface area contributed by atoms with Crippen LogP contribution in [0.1, 0.15) is 11.1 Å². The van der Waals surface area contributed by atoms with E-state index in [1.54, 1.807) is 6.21 Å². The number of carbonyl (C=O) groups excluding carboxylic acids is 1. The molecule has 2 aromatic rings. The monoisotopic (exact) mass is 427 g/mol. The Kier molecular flexibility index (Phi) is 8.67. The molecule has 0 aliphatic carbocycles. The lowest BCUT2D eigenvalue weighted by Crippen LogP contribution is -2.45. The molecular weight excluding hydrogens is 398 g/mol. The third-order valence-corrected chi connectivity index (χ3v) is 7.29. The first kappa shape index (κ1) is 23.2. The van der Waals surface area contributed by atoms with E-state index in [9.17, 15) is 4.79 Å². The van der Waals surface area contributed by atoms with Gasteiger partial charge in [-0.25, -0.2) is 4.79 Å². The number of rotatable bonds is 10. The van der Waals surface area contributed by atoms with Crippen molar-refractivity contribution < 1.29 is 23.8 Å². The number of methoxy groups -OCH3 is 2. The Morgan fingerprint density at radius 2 is 1.83 bits per heavy atom. The molecule has 30 heavy (non-hydrogen) atoms. The highest BCUT2D eigenvalue weighted by Crippen LogP contribution is 2.22. The van der Waals surface area contributed by atoms with Gasteiger partial charge in [-0.2, -0.15) is 0 Å². The van der Waals surface area contributed by atoms with E-state index in [0.717, 1.165) is 11.1 Å². The number of ether oxygens (including phenoxy) is 3. The lowest BCUT2D eigenvalue weighted by molar-refractivity contribution is -0.138. The Bertz CT molecular complexity index is 894. The fourth-order valence-electron chi connectivity index (χ4n) is 2.69. The molecule has 0 bridgehead atoms. The summed E-state index contributed by atoms with van der Waals surface area (Å²) in [7, 11) is 1.04. The van der Waals surface area contributed by atoms with E-state index in [1.807, 2.05) is 31.2 Å². The number of oxime groups is 1.